The van der Waals surface area contributed by atoms with Crippen LogP contribution in [0.1, 0.15) is 19.8 Å². The number of nitrogens with one attached hydrogen (secondary N) is 1. The third kappa shape index (κ3) is 3.76. The van der Waals surface area contributed by atoms with Crippen LogP contribution in [0.5, 0.6) is 0 Å². The lowest BCUT2D eigenvalue weighted by molar-refractivity contribution is 0.136. The number of aliphatic hydroxyl groups excluding tert-OH is 1. The normalized spacial score (nSPS) is 14.1. The Balaban J connectivity index is 2.83. The number of hydrogen-bond acceptors (Lipinski definition) is 2. The average Bonchev–Trinajstić information content (AvgIpc) is 1.68. The maximum atomic E-state index is 8.75. The summed E-state index contributed by atoms with van der Waals surface area (Å²) in [4.78, 5) is 0. The SMILES string of the molecule is CCC[C@@H](O)NC. The summed E-state index contributed by atoms with van der Waals surface area (Å²) in [6, 6.07) is 0. The zero-order chi connectivity index (χ0) is 5.70. The van der Waals surface area contributed by atoms with Crippen molar-refractivity contribution in [1.29, 1.82) is 0 Å². The summed E-state index contributed by atoms with van der Waals surface area (Å²) >= 11 is 0. The predicted octanol–water partition coefficient (Wildman–Crippen LogP) is 0.324. The van der Waals surface area contributed by atoms with Gasteiger partial charge < -0.3 is 5.11 Å². The number of rotatable bonds is 3. The summed E-state index contributed by atoms with van der Waals surface area (Å²) in [6.45, 7) is 2.04. The van der Waals surface area contributed by atoms with E-state index in [-0.39, 0.29) is 6.23 Å². The number of aliphatic hydroxyl groups is 1. The van der Waals surface area contributed by atoms with Crippen molar-refractivity contribution in [1.82, 2.24) is 5.32 Å². The van der Waals surface area contributed by atoms with E-state index in [0.29, 0.717) is 0 Å². The molecule has 0 fully saturated rings. The van der Waals surface area contributed by atoms with Gasteiger partial charge in [-0.25, -0.2) is 0 Å². The molecule has 0 aromatic carbocycles. The summed E-state index contributed by atoms with van der Waals surface area (Å²) in [7, 11) is 1.75. The van der Waals surface area contributed by atoms with Crippen LogP contribution in [0.25, 0.3) is 0 Å². The van der Waals surface area contributed by atoms with Crippen molar-refractivity contribution in [3.05, 3.63) is 0 Å². The maximum absolute atomic E-state index is 8.75. The molecule has 2 nitrogen and oxygen atoms in total. The van der Waals surface area contributed by atoms with Gasteiger partial charge in [-0.15, -0.1) is 0 Å². The first kappa shape index (κ1) is 6.92. The molecule has 0 rings (SSSR count). The van der Waals surface area contributed by atoms with Crippen LogP contribution < -0.4 is 5.32 Å². The molecule has 0 saturated carbocycles. The second-order valence-electron chi connectivity index (χ2n) is 1.59. The highest BCUT2D eigenvalue weighted by atomic mass is 16.3. The van der Waals surface area contributed by atoms with E-state index >= 15 is 0 Å². The lowest BCUT2D eigenvalue weighted by atomic mass is 10.3. The molecule has 2 heteroatoms. The van der Waals surface area contributed by atoms with Crippen LogP contribution in [0.2, 0.25) is 0 Å². The molecule has 0 aromatic heterocycles. The van der Waals surface area contributed by atoms with Crippen molar-refractivity contribution in [2.24, 2.45) is 0 Å². The molecule has 1 atom stereocenters. The zero-order valence-corrected chi connectivity index (χ0v) is 4.94. The van der Waals surface area contributed by atoms with Crippen molar-refractivity contribution in [2.45, 2.75) is 26.0 Å². The molecule has 7 heavy (non-hydrogen) atoms. The van der Waals surface area contributed by atoms with Crippen LogP contribution in [0, 0.1) is 0 Å². The summed E-state index contributed by atoms with van der Waals surface area (Å²) in [5.41, 5.74) is 0. The Bertz CT molecular complexity index is 39.1. The van der Waals surface area contributed by atoms with Gasteiger partial charge in [0.25, 0.3) is 0 Å². The second kappa shape index (κ2) is 4.09. The second-order valence-corrected chi connectivity index (χ2v) is 1.59. The van der Waals surface area contributed by atoms with Gasteiger partial charge in [0.2, 0.25) is 0 Å². The van der Waals surface area contributed by atoms with Crippen LogP contribution in [-0.4, -0.2) is 18.4 Å². The Morgan fingerprint density at radius 2 is 2.29 bits per heavy atom. The first-order valence-electron chi connectivity index (χ1n) is 2.66. The molecule has 0 aliphatic rings. The van der Waals surface area contributed by atoms with Crippen molar-refractivity contribution >= 4 is 0 Å². The summed E-state index contributed by atoms with van der Waals surface area (Å²) in [5.74, 6) is 0. The van der Waals surface area contributed by atoms with Gasteiger partial charge in [0.15, 0.2) is 0 Å². The zero-order valence-electron chi connectivity index (χ0n) is 4.94. The maximum Gasteiger partial charge on any atom is 0.104 e. The molecule has 0 spiro atoms. The minimum atomic E-state index is -0.301. The molecule has 0 saturated heterocycles. The van der Waals surface area contributed by atoms with Crippen molar-refractivity contribution in [2.75, 3.05) is 7.05 Å². The third-order valence-corrected chi connectivity index (χ3v) is 0.895. The highest BCUT2D eigenvalue weighted by Gasteiger charge is 1.93. The lowest BCUT2D eigenvalue weighted by Gasteiger charge is -2.04. The largest absolute Gasteiger partial charge is 0.379 e. The van der Waals surface area contributed by atoms with E-state index in [4.69, 9.17) is 5.11 Å². The summed E-state index contributed by atoms with van der Waals surface area (Å²) in [6.07, 6.45) is 1.57. The lowest BCUT2D eigenvalue weighted by Crippen LogP contribution is -2.23. The van der Waals surface area contributed by atoms with Gasteiger partial charge in [0.05, 0.1) is 0 Å². The highest BCUT2D eigenvalue weighted by Crippen LogP contribution is 1.88. The quantitative estimate of drug-likeness (QED) is 0.504. The molecule has 0 bridgehead atoms. The fraction of sp³-hybridized carbons (Fsp3) is 1.00. The fourth-order valence-corrected chi connectivity index (χ4v) is 0.418. The van der Waals surface area contributed by atoms with Crippen molar-refractivity contribution in [3.63, 3.8) is 0 Å². The minimum absolute atomic E-state index is 0.301. The molecule has 44 valence electrons. The Morgan fingerprint density at radius 3 is 2.43 bits per heavy atom. The molecule has 0 aromatic rings. The predicted molar refractivity (Wildman–Crippen MR) is 30.0 cm³/mol. The molecule has 0 radical (unpaired) electrons. The van der Waals surface area contributed by atoms with Crippen LogP contribution >= 0.6 is 0 Å². The average molecular weight is 103 g/mol. The molecular formula is C5H13NO. The van der Waals surface area contributed by atoms with Gasteiger partial charge in [0.1, 0.15) is 6.23 Å². The Kier molecular flexibility index (Phi) is 4.04. The van der Waals surface area contributed by atoms with Gasteiger partial charge in [-0.05, 0) is 13.5 Å². The van der Waals surface area contributed by atoms with Crippen LogP contribution in [0.15, 0.2) is 0 Å². The molecule has 0 aliphatic carbocycles. The summed E-state index contributed by atoms with van der Waals surface area (Å²) in [5, 5.41) is 11.5. The van der Waals surface area contributed by atoms with E-state index in [9.17, 15) is 0 Å². The smallest absolute Gasteiger partial charge is 0.104 e. The molecular weight excluding hydrogens is 90.1 g/mol. The van der Waals surface area contributed by atoms with E-state index in [1.54, 1.807) is 7.05 Å². The van der Waals surface area contributed by atoms with E-state index < -0.39 is 0 Å². The third-order valence-electron chi connectivity index (χ3n) is 0.895. The van der Waals surface area contributed by atoms with Crippen molar-refractivity contribution < 1.29 is 5.11 Å². The van der Waals surface area contributed by atoms with Crippen LogP contribution in [0.3, 0.4) is 0 Å². The standard InChI is InChI=1S/C5H13NO/c1-3-4-5(7)6-2/h5-7H,3-4H2,1-2H3/t5-/m1/s1. The molecule has 0 amide bonds. The van der Waals surface area contributed by atoms with E-state index in [2.05, 4.69) is 5.32 Å². The van der Waals surface area contributed by atoms with Gasteiger partial charge in [-0.3, -0.25) is 5.32 Å². The van der Waals surface area contributed by atoms with Gasteiger partial charge in [0, 0.05) is 0 Å². The highest BCUT2D eigenvalue weighted by molar-refractivity contribution is 4.43. The van der Waals surface area contributed by atoms with E-state index in [0.717, 1.165) is 12.8 Å². The topological polar surface area (TPSA) is 32.3 Å². The van der Waals surface area contributed by atoms with Gasteiger partial charge >= 0.3 is 0 Å². The Hall–Kier alpha value is -0.0800. The Morgan fingerprint density at radius 1 is 1.71 bits per heavy atom. The van der Waals surface area contributed by atoms with E-state index in [1.165, 1.54) is 0 Å². The van der Waals surface area contributed by atoms with E-state index in [1.807, 2.05) is 6.92 Å². The Labute approximate surface area is 44.5 Å². The molecule has 0 unspecified atom stereocenters. The number of hydrogen-bond donors (Lipinski definition) is 2. The molecule has 2 N–H and O–H groups in total. The molecule has 0 aliphatic heterocycles. The van der Waals surface area contributed by atoms with Gasteiger partial charge in [-0.2, -0.15) is 0 Å². The molecule has 0 heterocycles. The minimum Gasteiger partial charge on any atom is -0.379 e. The monoisotopic (exact) mass is 103 g/mol. The first-order valence-corrected chi connectivity index (χ1v) is 2.66. The van der Waals surface area contributed by atoms with Crippen LogP contribution in [-0.2, 0) is 0 Å². The van der Waals surface area contributed by atoms with Gasteiger partial charge in [-0.1, -0.05) is 13.3 Å². The fourth-order valence-electron chi connectivity index (χ4n) is 0.418. The first-order chi connectivity index (χ1) is 3.31. The van der Waals surface area contributed by atoms with Crippen molar-refractivity contribution in [3.8, 4) is 0 Å². The summed E-state index contributed by atoms with van der Waals surface area (Å²) < 4.78 is 0. The van der Waals surface area contributed by atoms with Crippen LogP contribution in [0.4, 0.5) is 0 Å².